The zero-order chi connectivity index (χ0) is 15.3. The maximum absolute atomic E-state index is 12.8. The molecule has 0 radical (unpaired) electrons. The third-order valence-electron chi connectivity index (χ3n) is 2.97. The van der Waals surface area contributed by atoms with Gasteiger partial charge in [-0.2, -0.15) is 0 Å². The summed E-state index contributed by atoms with van der Waals surface area (Å²) >= 11 is 0. The molecule has 2 aromatic carbocycles. The lowest BCUT2D eigenvalue weighted by molar-refractivity contribution is 0.415. The van der Waals surface area contributed by atoms with Gasteiger partial charge in [0.2, 0.25) is 0 Å². The van der Waals surface area contributed by atoms with E-state index in [0.29, 0.717) is 11.4 Å². The van der Waals surface area contributed by atoms with E-state index in [2.05, 4.69) is 6.58 Å². The molecule has 0 saturated carbocycles. The van der Waals surface area contributed by atoms with Gasteiger partial charge in [0.1, 0.15) is 5.75 Å². The normalized spacial score (nSPS) is 10.9. The van der Waals surface area contributed by atoms with Crippen molar-refractivity contribution in [2.75, 3.05) is 18.0 Å². The van der Waals surface area contributed by atoms with Gasteiger partial charge >= 0.3 is 0 Å². The second-order valence-corrected chi connectivity index (χ2v) is 6.20. The van der Waals surface area contributed by atoms with Crippen molar-refractivity contribution in [1.82, 2.24) is 0 Å². The topological polar surface area (TPSA) is 46.6 Å². The van der Waals surface area contributed by atoms with Gasteiger partial charge in [-0.05, 0) is 24.3 Å². The van der Waals surface area contributed by atoms with Crippen LogP contribution < -0.4 is 9.04 Å². The molecule has 110 valence electrons. The Morgan fingerprint density at radius 3 is 2.48 bits per heavy atom. The van der Waals surface area contributed by atoms with Crippen molar-refractivity contribution >= 4 is 15.7 Å². The number of benzene rings is 2. The monoisotopic (exact) mass is 303 g/mol. The summed E-state index contributed by atoms with van der Waals surface area (Å²) in [5.41, 5.74) is 0.540. The van der Waals surface area contributed by atoms with Crippen LogP contribution in [0.4, 0.5) is 5.69 Å². The lowest BCUT2D eigenvalue weighted by Crippen LogP contribution is -2.31. The van der Waals surface area contributed by atoms with E-state index in [9.17, 15) is 8.42 Å². The largest absolute Gasteiger partial charge is 0.497 e. The predicted molar refractivity (Wildman–Crippen MR) is 84.2 cm³/mol. The van der Waals surface area contributed by atoms with E-state index in [4.69, 9.17) is 4.74 Å². The van der Waals surface area contributed by atoms with E-state index in [1.54, 1.807) is 67.8 Å². The first-order valence-corrected chi connectivity index (χ1v) is 7.86. The van der Waals surface area contributed by atoms with Crippen molar-refractivity contribution in [3.8, 4) is 5.75 Å². The summed E-state index contributed by atoms with van der Waals surface area (Å²) in [7, 11) is -2.09. The van der Waals surface area contributed by atoms with Crippen LogP contribution >= 0.6 is 0 Å². The van der Waals surface area contributed by atoms with Gasteiger partial charge in [0.25, 0.3) is 10.0 Å². The Kier molecular flexibility index (Phi) is 4.65. The Labute approximate surface area is 125 Å². The molecule has 0 atom stereocenters. The van der Waals surface area contributed by atoms with Crippen LogP contribution in [0.15, 0.2) is 72.1 Å². The standard InChI is InChI=1S/C16H17NO3S/c1-3-12-17(14-8-7-9-15(13-14)20-2)21(18,19)16-10-5-4-6-11-16/h3-11,13H,1,12H2,2H3. The summed E-state index contributed by atoms with van der Waals surface area (Å²) in [6, 6.07) is 15.3. The minimum absolute atomic E-state index is 0.185. The van der Waals surface area contributed by atoms with Crippen LogP contribution in [0.1, 0.15) is 0 Å². The molecule has 21 heavy (non-hydrogen) atoms. The molecule has 0 spiro atoms. The van der Waals surface area contributed by atoms with Crippen LogP contribution in [0.25, 0.3) is 0 Å². The number of hydrogen-bond acceptors (Lipinski definition) is 3. The van der Waals surface area contributed by atoms with Crippen LogP contribution in [0.3, 0.4) is 0 Å². The number of sulfonamides is 1. The molecule has 2 rings (SSSR count). The first-order valence-electron chi connectivity index (χ1n) is 6.42. The summed E-state index contributed by atoms with van der Waals surface area (Å²) in [4.78, 5) is 0.245. The lowest BCUT2D eigenvalue weighted by Gasteiger charge is -2.23. The van der Waals surface area contributed by atoms with Crippen molar-refractivity contribution in [2.45, 2.75) is 4.90 Å². The molecule has 0 aliphatic rings. The van der Waals surface area contributed by atoms with E-state index in [0.717, 1.165) is 0 Å². The molecule has 0 N–H and O–H groups in total. The van der Waals surface area contributed by atoms with Gasteiger partial charge in [-0.25, -0.2) is 8.42 Å². The number of anilines is 1. The second-order valence-electron chi connectivity index (χ2n) is 4.34. The zero-order valence-electron chi connectivity index (χ0n) is 11.8. The Balaban J connectivity index is 2.50. The second kappa shape index (κ2) is 6.45. The minimum atomic E-state index is -3.63. The number of rotatable bonds is 6. The maximum Gasteiger partial charge on any atom is 0.264 e. The van der Waals surface area contributed by atoms with E-state index in [1.165, 1.54) is 4.31 Å². The lowest BCUT2D eigenvalue weighted by atomic mass is 10.3. The molecule has 0 aliphatic carbocycles. The van der Waals surface area contributed by atoms with Gasteiger partial charge < -0.3 is 4.74 Å². The summed E-state index contributed by atoms with van der Waals surface area (Å²) < 4.78 is 32.0. The summed E-state index contributed by atoms with van der Waals surface area (Å²) in [5.74, 6) is 0.602. The number of methoxy groups -OCH3 is 1. The fraction of sp³-hybridized carbons (Fsp3) is 0.125. The molecule has 0 unspecified atom stereocenters. The summed E-state index contributed by atoms with van der Waals surface area (Å²) in [6.07, 6.45) is 1.56. The molecular weight excluding hydrogens is 286 g/mol. The molecule has 0 saturated heterocycles. The molecule has 2 aromatic rings. The molecule has 0 amide bonds. The van der Waals surface area contributed by atoms with E-state index in [1.807, 2.05) is 0 Å². The molecule has 5 heteroatoms. The van der Waals surface area contributed by atoms with Crippen LogP contribution in [0, 0.1) is 0 Å². The predicted octanol–water partition coefficient (Wildman–Crippen LogP) is 3.08. The van der Waals surface area contributed by atoms with E-state index in [-0.39, 0.29) is 11.4 Å². The van der Waals surface area contributed by atoms with Gasteiger partial charge in [0.15, 0.2) is 0 Å². The molecular formula is C16H17NO3S. The maximum atomic E-state index is 12.8. The average Bonchev–Trinajstić information content (AvgIpc) is 2.53. The number of ether oxygens (including phenoxy) is 1. The van der Waals surface area contributed by atoms with Gasteiger partial charge in [-0.1, -0.05) is 30.3 Å². The number of nitrogens with zero attached hydrogens (tertiary/aromatic N) is 1. The third kappa shape index (κ3) is 3.25. The number of hydrogen-bond donors (Lipinski definition) is 0. The van der Waals surface area contributed by atoms with Crippen molar-refractivity contribution < 1.29 is 13.2 Å². The van der Waals surface area contributed by atoms with Crippen LogP contribution in [-0.4, -0.2) is 22.1 Å². The smallest absolute Gasteiger partial charge is 0.264 e. The van der Waals surface area contributed by atoms with Crippen LogP contribution in [-0.2, 0) is 10.0 Å². The Bertz CT molecular complexity index is 711. The van der Waals surface area contributed by atoms with Crippen molar-refractivity contribution in [3.63, 3.8) is 0 Å². The molecule has 0 fully saturated rings. The summed E-state index contributed by atoms with van der Waals surface area (Å²) in [6.45, 7) is 3.82. The Morgan fingerprint density at radius 2 is 1.86 bits per heavy atom. The highest BCUT2D eigenvalue weighted by molar-refractivity contribution is 7.92. The minimum Gasteiger partial charge on any atom is -0.497 e. The molecule has 0 bridgehead atoms. The highest BCUT2D eigenvalue weighted by Gasteiger charge is 2.23. The quantitative estimate of drug-likeness (QED) is 0.770. The highest BCUT2D eigenvalue weighted by atomic mass is 32.2. The SMILES string of the molecule is C=CCN(c1cccc(OC)c1)S(=O)(=O)c1ccccc1. The van der Waals surface area contributed by atoms with Gasteiger partial charge in [0, 0.05) is 6.07 Å². The molecule has 4 nitrogen and oxygen atoms in total. The van der Waals surface area contributed by atoms with Gasteiger partial charge in [-0.15, -0.1) is 6.58 Å². The van der Waals surface area contributed by atoms with E-state index >= 15 is 0 Å². The fourth-order valence-electron chi connectivity index (χ4n) is 1.94. The Morgan fingerprint density at radius 1 is 1.14 bits per heavy atom. The van der Waals surface area contributed by atoms with Crippen LogP contribution in [0.2, 0.25) is 0 Å². The Hall–Kier alpha value is -2.27. The van der Waals surface area contributed by atoms with Crippen molar-refractivity contribution in [1.29, 1.82) is 0 Å². The molecule has 0 aliphatic heterocycles. The average molecular weight is 303 g/mol. The van der Waals surface area contributed by atoms with Crippen molar-refractivity contribution in [3.05, 3.63) is 67.3 Å². The van der Waals surface area contributed by atoms with Gasteiger partial charge in [-0.3, -0.25) is 4.31 Å². The fourth-order valence-corrected chi connectivity index (χ4v) is 3.39. The summed E-state index contributed by atoms with van der Waals surface area (Å²) in [5, 5.41) is 0. The highest BCUT2D eigenvalue weighted by Crippen LogP contribution is 2.26. The zero-order valence-corrected chi connectivity index (χ0v) is 12.6. The first-order chi connectivity index (χ1) is 10.1. The van der Waals surface area contributed by atoms with Crippen LogP contribution in [0.5, 0.6) is 5.75 Å². The first kappa shape index (κ1) is 15.1. The van der Waals surface area contributed by atoms with Gasteiger partial charge in [0.05, 0.1) is 24.2 Å². The van der Waals surface area contributed by atoms with Crippen molar-refractivity contribution in [2.24, 2.45) is 0 Å². The third-order valence-corrected chi connectivity index (χ3v) is 4.78. The molecule has 0 heterocycles. The molecule has 0 aromatic heterocycles. The van der Waals surface area contributed by atoms with E-state index < -0.39 is 10.0 Å².